The Morgan fingerprint density at radius 3 is 2.62 bits per heavy atom. The van der Waals surface area contributed by atoms with Gasteiger partial charge in [0.05, 0.1) is 64.8 Å². The molecule has 11 heteroatoms. The fraction of sp³-hybridized carbons (Fsp3) is 0.385. The van der Waals surface area contributed by atoms with Crippen molar-refractivity contribution in [2.75, 3.05) is 23.7 Å². The quantitative estimate of drug-likeness (QED) is 0.398. The van der Waals surface area contributed by atoms with Gasteiger partial charge in [0.15, 0.2) is 0 Å². The van der Waals surface area contributed by atoms with Crippen LogP contribution in [0.25, 0.3) is 16.8 Å². The second-order valence-corrected chi connectivity index (χ2v) is 10.1. The van der Waals surface area contributed by atoms with Crippen LogP contribution >= 0.6 is 0 Å². The third-order valence-electron chi connectivity index (χ3n) is 6.95. The highest BCUT2D eigenvalue weighted by Gasteiger charge is 2.31. The molecular formula is C26H31N9O2. The zero-order chi connectivity index (χ0) is 26.2. The second kappa shape index (κ2) is 9.74. The van der Waals surface area contributed by atoms with Gasteiger partial charge < -0.3 is 10.6 Å². The number of likely N-dealkylation sites (tertiary alicyclic amines) is 1. The molecule has 1 aliphatic heterocycles. The maximum absolute atomic E-state index is 13.1. The number of carbonyl (C=O) groups excluding carboxylic acids is 2. The van der Waals surface area contributed by atoms with Gasteiger partial charge in [-0.2, -0.15) is 10.2 Å². The van der Waals surface area contributed by atoms with Gasteiger partial charge in [0, 0.05) is 37.3 Å². The van der Waals surface area contributed by atoms with Gasteiger partial charge in [-0.15, -0.1) is 0 Å². The van der Waals surface area contributed by atoms with Crippen molar-refractivity contribution in [3.63, 3.8) is 0 Å². The summed E-state index contributed by atoms with van der Waals surface area (Å²) in [5.74, 6) is -0.417. The molecule has 0 spiro atoms. The first-order chi connectivity index (χ1) is 17.7. The maximum Gasteiger partial charge on any atom is 0.259 e. The molecule has 0 aromatic carbocycles. The molecule has 5 rings (SSSR count). The van der Waals surface area contributed by atoms with Crippen LogP contribution in [0.2, 0.25) is 0 Å². The Balaban J connectivity index is 1.26. The van der Waals surface area contributed by atoms with E-state index in [2.05, 4.69) is 49.5 Å². The molecule has 0 aliphatic carbocycles. The van der Waals surface area contributed by atoms with Crippen LogP contribution < -0.4 is 10.6 Å². The highest BCUT2D eigenvalue weighted by Crippen LogP contribution is 2.28. The molecule has 5 heterocycles. The number of anilines is 2. The van der Waals surface area contributed by atoms with Gasteiger partial charge in [-0.1, -0.05) is 0 Å². The third-order valence-corrected chi connectivity index (χ3v) is 6.95. The number of fused-ring (bicyclic) bond motifs is 1. The van der Waals surface area contributed by atoms with Crippen LogP contribution in [0.4, 0.5) is 11.4 Å². The lowest BCUT2D eigenvalue weighted by Crippen LogP contribution is -2.39. The Bertz CT molecular complexity index is 1470. The van der Waals surface area contributed by atoms with Crippen molar-refractivity contribution in [3.05, 3.63) is 54.5 Å². The normalized spacial score (nSPS) is 15.2. The van der Waals surface area contributed by atoms with Gasteiger partial charge >= 0.3 is 0 Å². The summed E-state index contributed by atoms with van der Waals surface area (Å²) in [6.45, 7) is 7.97. The van der Waals surface area contributed by atoms with Crippen LogP contribution in [0.15, 0.2) is 43.2 Å². The van der Waals surface area contributed by atoms with Crippen LogP contribution in [-0.2, 0) is 11.8 Å². The molecule has 1 saturated heterocycles. The summed E-state index contributed by atoms with van der Waals surface area (Å²) >= 11 is 0. The molecule has 0 atom stereocenters. The summed E-state index contributed by atoms with van der Waals surface area (Å²) in [5, 5.41) is 14.3. The second-order valence-electron chi connectivity index (χ2n) is 10.1. The van der Waals surface area contributed by atoms with Gasteiger partial charge in [0.2, 0.25) is 5.91 Å². The summed E-state index contributed by atoms with van der Waals surface area (Å²) < 4.78 is 3.32. The predicted molar refractivity (Wildman–Crippen MR) is 140 cm³/mol. The van der Waals surface area contributed by atoms with E-state index in [9.17, 15) is 9.59 Å². The van der Waals surface area contributed by atoms with Gasteiger partial charge in [-0.25, -0.2) is 4.52 Å². The van der Waals surface area contributed by atoms with Crippen molar-refractivity contribution in [1.29, 1.82) is 0 Å². The Morgan fingerprint density at radius 2 is 1.89 bits per heavy atom. The molecule has 0 bridgehead atoms. The standard InChI is InChI=1S/C26H31N9O2/c1-17-21(10-19(12-27-17)31-24(36)6-9-34-8-5-7-26(34,2)3)32-25(37)20-13-30-35-16-22(28-14-23(20)35)18-11-29-33(4)15-18/h10-16H,5-9H2,1-4H3,(H,31,36)(H,32,37). The van der Waals surface area contributed by atoms with Gasteiger partial charge in [-0.05, 0) is 46.2 Å². The molecule has 0 saturated carbocycles. The topological polar surface area (TPSA) is 122 Å². The number of hydrogen-bond donors (Lipinski definition) is 2. The van der Waals surface area contributed by atoms with Crippen LogP contribution in [0.1, 0.15) is 49.2 Å². The first kappa shape index (κ1) is 24.6. The molecule has 1 aliphatic rings. The van der Waals surface area contributed by atoms with E-state index in [1.165, 1.54) is 6.20 Å². The summed E-state index contributed by atoms with van der Waals surface area (Å²) in [6.07, 6.45) is 12.8. The monoisotopic (exact) mass is 501 g/mol. The van der Waals surface area contributed by atoms with Crippen LogP contribution in [0, 0.1) is 6.92 Å². The first-order valence-corrected chi connectivity index (χ1v) is 12.3. The van der Waals surface area contributed by atoms with E-state index >= 15 is 0 Å². The van der Waals surface area contributed by atoms with Crippen molar-refractivity contribution in [1.82, 2.24) is 34.3 Å². The summed E-state index contributed by atoms with van der Waals surface area (Å²) in [5.41, 5.74) is 4.34. The SMILES string of the molecule is Cc1ncc(NC(=O)CCN2CCCC2(C)C)cc1NC(=O)c1cnn2cc(-c3cnn(C)c3)ncc12. The summed E-state index contributed by atoms with van der Waals surface area (Å²) in [7, 11) is 1.84. The maximum atomic E-state index is 13.1. The van der Waals surface area contributed by atoms with Gasteiger partial charge in [0.1, 0.15) is 0 Å². The highest BCUT2D eigenvalue weighted by molar-refractivity contribution is 6.09. The minimum absolute atomic E-state index is 0.0799. The number of rotatable bonds is 7. The van der Waals surface area contributed by atoms with Crippen molar-refractivity contribution >= 4 is 28.7 Å². The minimum atomic E-state index is -0.337. The smallest absolute Gasteiger partial charge is 0.259 e. The molecular weight excluding hydrogens is 470 g/mol. The lowest BCUT2D eigenvalue weighted by molar-refractivity contribution is -0.116. The molecule has 4 aromatic heterocycles. The van der Waals surface area contributed by atoms with E-state index in [4.69, 9.17) is 0 Å². The van der Waals surface area contributed by atoms with E-state index in [-0.39, 0.29) is 17.4 Å². The number of pyridine rings is 1. The molecule has 0 unspecified atom stereocenters. The average molecular weight is 502 g/mol. The molecule has 37 heavy (non-hydrogen) atoms. The highest BCUT2D eigenvalue weighted by atomic mass is 16.2. The number of hydrogen-bond acceptors (Lipinski definition) is 7. The minimum Gasteiger partial charge on any atom is -0.325 e. The third kappa shape index (κ3) is 5.21. The fourth-order valence-corrected chi connectivity index (χ4v) is 4.72. The molecule has 11 nitrogen and oxygen atoms in total. The van der Waals surface area contributed by atoms with Crippen LogP contribution in [-0.4, -0.2) is 64.7 Å². The molecule has 2 amide bonds. The molecule has 192 valence electrons. The van der Waals surface area contributed by atoms with E-state index in [1.54, 1.807) is 47.0 Å². The zero-order valence-electron chi connectivity index (χ0n) is 21.5. The van der Waals surface area contributed by atoms with E-state index in [0.717, 1.165) is 24.9 Å². The lowest BCUT2D eigenvalue weighted by Gasteiger charge is -2.31. The zero-order valence-corrected chi connectivity index (χ0v) is 21.5. The van der Waals surface area contributed by atoms with Crippen LogP contribution in [0.3, 0.4) is 0 Å². The van der Waals surface area contributed by atoms with Crippen molar-refractivity contribution in [2.45, 2.75) is 45.6 Å². The number of aryl methyl sites for hydroxylation is 2. The van der Waals surface area contributed by atoms with Gasteiger partial charge in [0.25, 0.3) is 5.91 Å². The molecule has 4 aromatic rings. The summed E-state index contributed by atoms with van der Waals surface area (Å²) in [6, 6.07) is 1.72. The number of nitrogens with zero attached hydrogens (tertiary/aromatic N) is 7. The summed E-state index contributed by atoms with van der Waals surface area (Å²) in [4.78, 5) is 36.9. The Hall–Kier alpha value is -4.12. The molecule has 2 N–H and O–H groups in total. The van der Waals surface area contributed by atoms with Crippen molar-refractivity contribution < 1.29 is 9.59 Å². The first-order valence-electron chi connectivity index (χ1n) is 12.3. The molecule has 0 radical (unpaired) electrons. The van der Waals surface area contributed by atoms with Crippen LogP contribution in [0.5, 0.6) is 0 Å². The lowest BCUT2D eigenvalue weighted by atomic mass is 10.0. The Morgan fingerprint density at radius 1 is 1.05 bits per heavy atom. The number of carbonyl (C=O) groups is 2. The number of aromatic nitrogens is 6. The number of nitrogens with one attached hydrogen (secondary N) is 2. The fourth-order valence-electron chi connectivity index (χ4n) is 4.72. The largest absolute Gasteiger partial charge is 0.325 e. The Kier molecular flexibility index (Phi) is 6.46. The van der Waals surface area contributed by atoms with Crippen molar-refractivity contribution in [3.8, 4) is 11.3 Å². The van der Waals surface area contributed by atoms with Crippen molar-refractivity contribution in [2.24, 2.45) is 7.05 Å². The van der Waals surface area contributed by atoms with E-state index < -0.39 is 0 Å². The van der Waals surface area contributed by atoms with E-state index in [1.807, 2.05) is 13.2 Å². The average Bonchev–Trinajstić information content (AvgIpc) is 3.57. The predicted octanol–water partition coefficient (Wildman–Crippen LogP) is 3.29. The van der Waals surface area contributed by atoms with E-state index in [0.29, 0.717) is 46.8 Å². The number of amides is 2. The Labute approximate surface area is 214 Å². The molecule has 1 fully saturated rings. The van der Waals surface area contributed by atoms with Gasteiger partial charge in [-0.3, -0.25) is 29.1 Å².